The maximum atomic E-state index is 12.2. The molecule has 0 N–H and O–H groups in total. The predicted octanol–water partition coefficient (Wildman–Crippen LogP) is 3.37. The van der Waals surface area contributed by atoms with Gasteiger partial charge in [-0.2, -0.15) is 0 Å². The van der Waals surface area contributed by atoms with Gasteiger partial charge in [-0.25, -0.2) is 9.79 Å². The first-order valence-electron chi connectivity index (χ1n) is 7.96. The van der Waals surface area contributed by atoms with Gasteiger partial charge >= 0.3 is 5.97 Å². The fourth-order valence-electron chi connectivity index (χ4n) is 2.63. The van der Waals surface area contributed by atoms with E-state index in [1.54, 1.807) is 18.2 Å². The third-order valence-corrected chi connectivity index (χ3v) is 4.01. The van der Waals surface area contributed by atoms with E-state index >= 15 is 0 Å². The first-order chi connectivity index (χ1) is 12.6. The lowest BCUT2D eigenvalue weighted by molar-refractivity contribution is -0.129. The number of nitrogens with zero attached hydrogens (tertiary/aromatic N) is 1. The summed E-state index contributed by atoms with van der Waals surface area (Å²) in [5.41, 5.74) is 2.75. The van der Waals surface area contributed by atoms with Crippen LogP contribution >= 0.6 is 0 Å². The second kappa shape index (κ2) is 7.31. The number of hydrogen-bond acceptors (Lipinski definition) is 6. The average molecular weight is 353 g/mol. The van der Waals surface area contributed by atoms with E-state index in [9.17, 15) is 4.79 Å². The Morgan fingerprint density at radius 3 is 2.23 bits per heavy atom. The minimum atomic E-state index is -0.503. The second-order valence-corrected chi connectivity index (χ2v) is 5.61. The van der Waals surface area contributed by atoms with E-state index < -0.39 is 5.97 Å². The van der Waals surface area contributed by atoms with Crippen LogP contribution < -0.4 is 14.2 Å². The molecule has 1 aliphatic heterocycles. The highest BCUT2D eigenvalue weighted by Crippen LogP contribution is 2.39. The van der Waals surface area contributed by atoms with Crippen LogP contribution in [0.2, 0.25) is 0 Å². The molecule has 26 heavy (non-hydrogen) atoms. The molecule has 0 saturated heterocycles. The smallest absolute Gasteiger partial charge is 0.363 e. The molecular weight excluding hydrogens is 334 g/mol. The van der Waals surface area contributed by atoms with E-state index in [0.717, 1.165) is 11.1 Å². The van der Waals surface area contributed by atoms with Gasteiger partial charge in [0.05, 0.1) is 21.3 Å². The van der Waals surface area contributed by atoms with Crippen LogP contribution in [0.4, 0.5) is 0 Å². The third kappa shape index (κ3) is 3.26. The van der Waals surface area contributed by atoms with E-state index in [4.69, 9.17) is 18.9 Å². The summed E-state index contributed by atoms with van der Waals surface area (Å²) < 4.78 is 21.3. The summed E-state index contributed by atoms with van der Waals surface area (Å²) in [5, 5.41) is 0. The second-order valence-electron chi connectivity index (χ2n) is 5.61. The van der Waals surface area contributed by atoms with E-state index in [1.165, 1.54) is 21.3 Å². The Balaban J connectivity index is 2.03. The summed E-state index contributed by atoms with van der Waals surface area (Å²) in [6.07, 6.45) is 1.71. The van der Waals surface area contributed by atoms with Crippen molar-refractivity contribution < 1.29 is 23.7 Å². The van der Waals surface area contributed by atoms with Gasteiger partial charge in [0.2, 0.25) is 11.6 Å². The summed E-state index contributed by atoms with van der Waals surface area (Å²) in [6, 6.07) is 11.1. The van der Waals surface area contributed by atoms with Crippen LogP contribution in [-0.4, -0.2) is 33.2 Å². The van der Waals surface area contributed by atoms with Gasteiger partial charge in [-0.1, -0.05) is 24.3 Å². The molecule has 1 heterocycles. The number of esters is 1. The molecule has 6 heteroatoms. The normalized spacial score (nSPS) is 14.8. The zero-order valence-electron chi connectivity index (χ0n) is 15.0. The molecule has 0 radical (unpaired) electrons. The quantitative estimate of drug-likeness (QED) is 0.609. The topological polar surface area (TPSA) is 66.4 Å². The molecular formula is C20H19NO5. The molecule has 0 bridgehead atoms. The van der Waals surface area contributed by atoms with Crippen molar-refractivity contribution in [2.45, 2.75) is 6.92 Å². The number of carbonyl (C=O) groups is 1. The number of hydrogen-bond donors (Lipinski definition) is 0. The lowest BCUT2D eigenvalue weighted by Crippen LogP contribution is -2.07. The van der Waals surface area contributed by atoms with Crippen molar-refractivity contribution in [2.75, 3.05) is 21.3 Å². The van der Waals surface area contributed by atoms with Crippen molar-refractivity contribution in [1.29, 1.82) is 0 Å². The summed E-state index contributed by atoms with van der Waals surface area (Å²) in [5.74, 6) is 1.05. The molecule has 0 fully saturated rings. The van der Waals surface area contributed by atoms with E-state index in [-0.39, 0.29) is 11.6 Å². The molecule has 3 rings (SSSR count). The SMILES string of the molecule is COc1cc(C2=NC(=Cc3ccccc3C)C(=O)O2)cc(OC)c1OC. The zero-order valence-corrected chi connectivity index (χ0v) is 15.0. The molecule has 1 aliphatic rings. The van der Waals surface area contributed by atoms with Crippen molar-refractivity contribution in [2.24, 2.45) is 4.99 Å². The van der Waals surface area contributed by atoms with Gasteiger partial charge in [0.25, 0.3) is 0 Å². The lowest BCUT2D eigenvalue weighted by atomic mass is 10.1. The first-order valence-corrected chi connectivity index (χ1v) is 7.96. The van der Waals surface area contributed by atoms with Gasteiger partial charge in [0, 0.05) is 5.56 Å². The van der Waals surface area contributed by atoms with Gasteiger partial charge in [-0.15, -0.1) is 0 Å². The maximum absolute atomic E-state index is 12.2. The molecule has 0 amide bonds. The van der Waals surface area contributed by atoms with Gasteiger partial charge < -0.3 is 18.9 Å². The fraction of sp³-hybridized carbons (Fsp3) is 0.200. The number of aliphatic imine (C=N–C) groups is 1. The minimum absolute atomic E-state index is 0.189. The van der Waals surface area contributed by atoms with Gasteiger partial charge in [-0.05, 0) is 36.3 Å². The van der Waals surface area contributed by atoms with Crippen molar-refractivity contribution >= 4 is 17.9 Å². The van der Waals surface area contributed by atoms with Crippen LogP contribution in [0.1, 0.15) is 16.7 Å². The summed E-state index contributed by atoms with van der Waals surface area (Å²) in [6.45, 7) is 1.97. The minimum Gasteiger partial charge on any atom is -0.493 e. The van der Waals surface area contributed by atoms with E-state index in [0.29, 0.717) is 22.8 Å². The number of ether oxygens (including phenoxy) is 4. The fourth-order valence-corrected chi connectivity index (χ4v) is 2.63. The number of benzene rings is 2. The van der Waals surface area contributed by atoms with Crippen LogP contribution in [0.15, 0.2) is 47.1 Å². The number of cyclic esters (lactones) is 1. The largest absolute Gasteiger partial charge is 0.493 e. The molecule has 0 saturated carbocycles. The van der Waals surface area contributed by atoms with Crippen LogP contribution in [0.3, 0.4) is 0 Å². The van der Waals surface area contributed by atoms with Gasteiger partial charge in [0.15, 0.2) is 17.2 Å². The number of aryl methyl sites for hydroxylation is 1. The molecule has 2 aromatic rings. The first kappa shape index (κ1) is 17.5. The van der Waals surface area contributed by atoms with Crippen LogP contribution in [0, 0.1) is 6.92 Å². The Morgan fingerprint density at radius 2 is 1.65 bits per heavy atom. The standard InChI is InChI=1S/C20H19NO5/c1-12-7-5-6-8-13(12)9-15-20(22)26-19(21-15)14-10-16(23-2)18(25-4)17(11-14)24-3/h5-11H,1-4H3. The summed E-state index contributed by atoms with van der Waals surface area (Å²) in [7, 11) is 4.57. The monoisotopic (exact) mass is 353 g/mol. The lowest BCUT2D eigenvalue weighted by Gasteiger charge is -2.13. The highest BCUT2D eigenvalue weighted by atomic mass is 16.6. The van der Waals surface area contributed by atoms with Gasteiger partial charge in [-0.3, -0.25) is 0 Å². The summed E-state index contributed by atoms with van der Waals surface area (Å²) in [4.78, 5) is 16.5. The maximum Gasteiger partial charge on any atom is 0.363 e. The molecule has 6 nitrogen and oxygen atoms in total. The Hall–Kier alpha value is -3.28. The van der Waals surface area contributed by atoms with Crippen LogP contribution in [0.5, 0.6) is 17.2 Å². The Labute approximate surface area is 151 Å². The average Bonchev–Trinajstić information content (AvgIpc) is 3.02. The Morgan fingerprint density at radius 1 is 1.00 bits per heavy atom. The van der Waals surface area contributed by atoms with E-state index in [2.05, 4.69) is 4.99 Å². The molecule has 134 valence electrons. The molecule has 0 unspecified atom stereocenters. The van der Waals surface area contributed by atoms with E-state index in [1.807, 2.05) is 31.2 Å². The molecule has 0 aromatic heterocycles. The van der Waals surface area contributed by atoms with Crippen LogP contribution in [-0.2, 0) is 9.53 Å². The van der Waals surface area contributed by atoms with Crippen molar-refractivity contribution in [1.82, 2.24) is 0 Å². The Bertz CT molecular complexity index is 889. The molecule has 2 aromatic carbocycles. The predicted molar refractivity (Wildman–Crippen MR) is 97.9 cm³/mol. The van der Waals surface area contributed by atoms with Crippen molar-refractivity contribution in [3.8, 4) is 17.2 Å². The summed E-state index contributed by atoms with van der Waals surface area (Å²) >= 11 is 0. The highest BCUT2D eigenvalue weighted by molar-refractivity contribution is 6.13. The van der Waals surface area contributed by atoms with Crippen molar-refractivity contribution in [3.05, 3.63) is 58.8 Å². The van der Waals surface area contributed by atoms with Gasteiger partial charge in [0.1, 0.15) is 0 Å². The third-order valence-electron chi connectivity index (χ3n) is 4.01. The Kier molecular flexibility index (Phi) is 4.93. The molecule has 0 aliphatic carbocycles. The van der Waals surface area contributed by atoms with Crippen molar-refractivity contribution in [3.63, 3.8) is 0 Å². The number of methoxy groups -OCH3 is 3. The highest BCUT2D eigenvalue weighted by Gasteiger charge is 2.26. The molecule has 0 spiro atoms. The number of rotatable bonds is 5. The number of carbonyl (C=O) groups excluding carboxylic acids is 1. The van der Waals surface area contributed by atoms with Crippen LogP contribution in [0.25, 0.3) is 6.08 Å². The molecule has 0 atom stereocenters. The zero-order chi connectivity index (χ0) is 18.7.